The standard InChI is InChI=1S/C17H19NO2/c1-19-16-8-4-6-13(11-18)17(16)20-15-10-9-12-5-2-3-7-14(12)15/h2-8,15H,9-11,18H2,1H3. The molecule has 20 heavy (non-hydrogen) atoms. The fourth-order valence-corrected chi connectivity index (χ4v) is 2.80. The molecule has 2 aromatic rings. The lowest BCUT2D eigenvalue weighted by atomic mass is 10.1. The van der Waals surface area contributed by atoms with Gasteiger partial charge in [-0.3, -0.25) is 0 Å². The van der Waals surface area contributed by atoms with Crippen molar-refractivity contribution in [2.24, 2.45) is 5.73 Å². The molecule has 2 aromatic carbocycles. The van der Waals surface area contributed by atoms with E-state index in [4.69, 9.17) is 15.2 Å². The van der Waals surface area contributed by atoms with Crippen molar-refractivity contribution < 1.29 is 9.47 Å². The number of rotatable bonds is 4. The van der Waals surface area contributed by atoms with Gasteiger partial charge in [-0.1, -0.05) is 36.4 Å². The van der Waals surface area contributed by atoms with E-state index in [2.05, 4.69) is 24.3 Å². The quantitative estimate of drug-likeness (QED) is 0.927. The molecule has 0 bridgehead atoms. The van der Waals surface area contributed by atoms with E-state index in [1.165, 1.54) is 11.1 Å². The molecule has 1 aliphatic carbocycles. The normalized spacial score (nSPS) is 16.8. The Kier molecular flexibility index (Phi) is 3.61. The second kappa shape index (κ2) is 5.55. The maximum Gasteiger partial charge on any atom is 0.166 e. The Labute approximate surface area is 119 Å². The Morgan fingerprint density at radius 3 is 2.80 bits per heavy atom. The Bertz CT molecular complexity index is 587. The van der Waals surface area contributed by atoms with Crippen LogP contribution in [0.5, 0.6) is 11.5 Å². The maximum atomic E-state index is 6.24. The van der Waals surface area contributed by atoms with Crippen molar-refractivity contribution in [2.75, 3.05) is 7.11 Å². The number of hydrogen-bond donors (Lipinski definition) is 1. The molecular weight excluding hydrogens is 250 g/mol. The van der Waals surface area contributed by atoms with Crippen LogP contribution >= 0.6 is 0 Å². The predicted octanol–water partition coefficient (Wildman–Crippen LogP) is 3.22. The topological polar surface area (TPSA) is 44.5 Å². The van der Waals surface area contributed by atoms with Gasteiger partial charge < -0.3 is 15.2 Å². The molecule has 3 nitrogen and oxygen atoms in total. The summed E-state index contributed by atoms with van der Waals surface area (Å²) in [5, 5.41) is 0. The SMILES string of the molecule is COc1cccc(CN)c1OC1CCc2ccccc21. The molecule has 1 aliphatic rings. The monoisotopic (exact) mass is 269 g/mol. The summed E-state index contributed by atoms with van der Waals surface area (Å²) < 4.78 is 11.6. The van der Waals surface area contributed by atoms with Crippen LogP contribution in [0.2, 0.25) is 0 Å². The number of benzene rings is 2. The van der Waals surface area contributed by atoms with Crippen LogP contribution in [0.4, 0.5) is 0 Å². The number of ether oxygens (including phenoxy) is 2. The molecule has 0 amide bonds. The zero-order chi connectivity index (χ0) is 13.9. The average molecular weight is 269 g/mol. The number of methoxy groups -OCH3 is 1. The van der Waals surface area contributed by atoms with Crippen LogP contribution in [-0.4, -0.2) is 7.11 Å². The summed E-state index contributed by atoms with van der Waals surface area (Å²) >= 11 is 0. The molecule has 0 saturated heterocycles. The molecule has 2 N–H and O–H groups in total. The van der Waals surface area contributed by atoms with Crippen molar-refractivity contribution in [3.05, 3.63) is 59.2 Å². The third kappa shape index (κ3) is 2.25. The lowest BCUT2D eigenvalue weighted by Crippen LogP contribution is -2.08. The second-order valence-corrected chi connectivity index (χ2v) is 5.00. The van der Waals surface area contributed by atoms with E-state index in [-0.39, 0.29) is 6.10 Å². The first kappa shape index (κ1) is 13.0. The number of aryl methyl sites for hydroxylation is 1. The van der Waals surface area contributed by atoms with Gasteiger partial charge in [-0.25, -0.2) is 0 Å². The highest BCUT2D eigenvalue weighted by Gasteiger charge is 2.25. The van der Waals surface area contributed by atoms with Crippen molar-refractivity contribution in [2.45, 2.75) is 25.5 Å². The Morgan fingerprint density at radius 1 is 1.15 bits per heavy atom. The molecule has 0 heterocycles. The van der Waals surface area contributed by atoms with E-state index in [0.29, 0.717) is 6.54 Å². The molecule has 1 unspecified atom stereocenters. The van der Waals surface area contributed by atoms with Crippen LogP contribution < -0.4 is 15.2 Å². The highest BCUT2D eigenvalue weighted by Crippen LogP contribution is 2.39. The van der Waals surface area contributed by atoms with Crippen LogP contribution in [0.1, 0.15) is 29.2 Å². The molecule has 0 aromatic heterocycles. The van der Waals surface area contributed by atoms with Gasteiger partial charge in [0.25, 0.3) is 0 Å². The lowest BCUT2D eigenvalue weighted by molar-refractivity contribution is 0.196. The number of hydrogen-bond acceptors (Lipinski definition) is 3. The van der Waals surface area contributed by atoms with Crippen molar-refractivity contribution in [1.29, 1.82) is 0 Å². The predicted molar refractivity (Wildman–Crippen MR) is 79.0 cm³/mol. The van der Waals surface area contributed by atoms with Crippen molar-refractivity contribution in [3.63, 3.8) is 0 Å². The zero-order valence-electron chi connectivity index (χ0n) is 11.6. The van der Waals surface area contributed by atoms with Crippen LogP contribution in [-0.2, 0) is 13.0 Å². The van der Waals surface area contributed by atoms with Crippen molar-refractivity contribution in [1.82, 2.24) is 0 Å². The second-order valence-electron chi connectivity index (χ2n) is 5.00. The Morgan fingerprint density at radius 2 is 2.00 bits per heavy atom. The molecule has 0 spiro atoms. The molecule has 3 heteroatoms. The summed E-state index contributed by atoms with van der Waals surface area (Å²) in [6, 6.07) is 14.3. The molecule has 3 rings (SSSR count). The largest absolute Gasteiger partial charge is 0.493 e. The first-order valence-electron chi connectivity index (χ1n) is 6.94. The van der Waals surface area contributed by atoms with Gasteiger partial charge in [0.1, 0.15) is 6.10 Å². The first-order valence-corrected chi connectivity index (χ1v) is 6.94. The molecular formula is C17H19NO2. The maximum absolute atomic E-state index is 6.24. The van der Waals surface area contributed by atoms with Gasteiger partial charge in [0.05, 0.1) is 7.11 Å². The lowest BCUT2D eigenvalue weighted by Gasteiger charge is -2.19. The summed E-state index contributed by atoms with van der Waals surface area (Å²) in [4.78, 5) is 0. The first-order chi connectivity index (χ1) is 9.83. The van der Waals surface area contributed by atoms with Crippen molar-refractivity contribution in [3.8, 4) is 11.5 Å². The van der Waals surface area contributed by atoms with Gasteiger partial charge in [0.15, 0.2) is 11.5 Å². The van der Waals surface area contributed by atoms with Crippen molar-refractivity contribution >= 4 is 0 Å². The van der Waals surface area contributed by atoms with Gasteiger partial charge in [0, 0.05) is 12.1 Å². The Balaban J connectivity index is 1.93. The van der Waals surface area contributed by atoms with Crippen LogP contribution in [0.3, 0.4) is 0 Å². The fraction of sp³-hybridized carbons (Fsp3) is 0.294. The van der Waals surface area contributed by atoms with E-state index in [1.54, 1.807) is 7.11 Å². The molecule has 1 atom stereocenters. The van der Waals surface area contributed by atoms with Gasteiger partial charge in [-0.05, 0) is 30.0 Å². The highest BCUT2D eigenvalue weighted by atomic mass is 16.5. The van der Waals surface area contributed by atoms with E-state index in [1.807, 2.05) is 18.2 Å². The minimum atomic E-state index is 0.0906. The van der Waals surface area contributed by atoms with E-state index in [0.717, 1.165) is 29.9 Å². The third-order valence-corrected chi connectivity index (χ3v) is 3.84. The van der Waals surface area contributed by atoms with Gasteiger partial charge in [-0.2, -0.15) is 0 Å². The van der Waals surface area contributed by atoms with Gasteiger partial charge >= 0.3 is 0 Å². The molecule has 0 fully saturated rings. The van der Waals surface area contributed by atoms with E-state index >= 15 is 0 Å². The molecule has 0 saturated carbocycles. The third-order valence-electron chi connectivity index (χ3n) is 3.84. The molecule has 0 radical (unpaired) electrons. The van der Waals surface area contributed by atoms with E-state index in [9.17, 15) is 0 Å². The Hall–Kier alpha value is -2.00. The molecule has 104 valence electrons. The highest BCUT2D eigenvalue weighted by molar-refractivity contribution is 5.47. The summed E-state index contributed by atoms with van der Waals surface area (Å²) in [6.07, 6.45) is 2.16. The fourth-order valence-electron chi connectivity index (χ4n) is 2.80. The van der Waals surface area contributed by atoms with Gasteiger partial charge in [-0.15, -0.1) is 0 Å². The molecule has 0 aliphatic heterocycles. The van der Waals surface area contributed by atoms with Crippen LogP contribution in [0, 0.1) is 0 Å². The average Bonchev–Trinajstić information content (AvgIpc) is 2.91. The smallest absolute Gasteiger partial charge is 0.166 e. The summed E-state index contributed by atoms with van der Waals surface area (Å²) in [6.45, 7) is 0.445. The number of para-hydroxylation sites is 1. The minimum absolute atomic E-state index is 0.0906. The zero-order valence-corrected chi connectivity index (χ0v) is 11.6. The van der Waals surface area contributed by atoms with Crippen LogP contribution in [0.15, 0.2) is 42.5 Å². The summed E-state index contributed by atoms with van der Waals surface area (Å²) in [5.74, 6) is 1.52. The number of nitrogens with two attached hydrogens (primary N) is 1. The van der Waals surface area contributed by atoms with E-state index < -0.39 is 0 Å². The number of fused-ring (bicyclic) bond motifs is 1. The summed E-state index contributed by atoms with van der Waals surface area (Å²) in [5.41, 5.74) is 9.44. The van der Waals surface area contributed by atoms with Gasteiger partial charge in [0.2, 0.25) is 0 Å². The minimum Gasteiger partial charge on any atom is -0.493 e. The summed E-state index contributed by atoms with van der Waals surface area (Å²) in [7, 11) is 1.66. The van der Waals surface area contributed by atoms with Crippen LogP contribution in [0.25, 0.3) is 0 Å².